The van der Waals surface area contributed by atoms with Crippen LogP contribution in [0.4, 0.5) is 5.13 Å². The Labute approximate surface area is 156 Å². The third-order valence-corrected chi connectivity index (χ3v) is 5.97. The first-order valence-corrected chi connectivity index (χ1v) is 9.44. The highest BCUT2D eigenvalue weighted by Gasteiger charge is 2.49. The zero-order chi connectivity index (χ0) is 18.3. The van der Waals surface area contributed by atoms with Crippen molar-refractivity contribution in [1.29, 1.82) is 0 Å². The molecule has 2 aromatic heterocycles. The minimum atomic E-state index is -0.292. The zero-order valence-electron chi connectivity index (χ0n) is 15.1. The number of carbonyl (C=O) groups excluding carboxylic acids is 1. The molecule has 4 heterocycles. The van der Waals surface area contributed by atoms with E-state index in [1.165, 1.54) is 23.8 Å². The first kappa shape index (κ1) is 17.4. The number of nitrogens with one attached hydrogen (secondary N) is 1. The Morgan fingerprint density at radius 2 is 2.35 bits per heavy atom. The van der Waals surface area contributed by atoms with Crippen LogP contribution in [0.5, 0.6) is 5.88 Å². The predicted molar refractivity (Wildman–Crippen MR) is 98.2 cm³/mol. The summed E-state index contributed by atoms with van der Waals surface area (Å²) in [4.78, 5) is 23.4. The molecule has 4 rings (SSSR count). The maximum Gasteiger partial charge on any atom is 0.223 e. The van der Waals surface area contributed by atoms with Gasteiger partial charge in [-0.3, -0.25) is 9.69 Å². The Bertz CT molecular complexity index is 840. The van der Waals surface area contributed by atoms with E-state index in [2.05, 4.69) is 27.1 Å². The number of methoxy groups -OCH3 is 1. The third kappa shape index (κ3) is 3.08. The molecule has 1 amide bonds. The van der Waals surface area contributed by atoms with Crippen molar-refractivity contribution in [2.24, 2.45) is 0 Å². The molecule has 8 heteroatoms. The van der Waals surface area contributed by atoms with Gasteiger partial charge in [0.1, 0.15) is 5.60 Å². The standard InChI is InChI=1S/C18H22N4O3S/c1-11-5-18(15-7-19-16(24-3)4-13(15)9-25-18)10-22(11)8-14-6-20-17(26-14)21-12(2)23/h4,6-7,11H,5,8-10H2,1-3H3,(H,20,21,23)/t11-,18+/m0/s1. The Balaban J connectivity index is 1.50. The second-order valence-corrected chi connectivity index (χ2v) is 8.05. The molecular formula is C18H22N4O3S. The number of nitrogens with zero attached hydrogens (tertiary/aromatic N) is 3. The second kappa shape index (κ2) is 6.61. The van der Waals surface area contributed by atoms with Gasteiger partial charge in [0.25, 0.3) is 0 Å². The monoisotopic (exact) mass is 374 g/mol. The SMILES string of the molecule is COc1cc2c(cn1)[C@]1(C[C@H](C)N(Cc3cnc(NC(C)=O)s3)C1)OC2. The number of hydrogen-bond donors (Lipinski definition) is 1. The van der Waals surface area contributed by atoms with Gasteiger partial charge in [-0.05, 0) is 18.9 Å². The lowest BCUT2D eigenvalue weighted by Crippen LogP contribution is -2.31. The lowest BCUT2D eigenvalue weighted by molar-refractivity contribution is -0.114. The number of fused-ring (bicyclic) bond motifs is 2. The van der Waals surface area contributed by atoms with Crippen molar-refractivity contribution < 1.29 is 14.3 Å². The van der Waals surface area contributed by atoms with Crippen LogP contribution in [0.2, 0.25) is 0 Å². The highest BCUT2D eigenvalue weighted by atomic mass is 32.1. The van der Waals surface area contributed by atoms with E-state index in [9.17, 15) is 4.79 Å². The second-order valence-electron chi connectivity index (χ2n) is 6.94. The van der Waals surface area contributed by atoms with Crippen LogP contribution < -0.4 is 10.1 Å². The van der Waals surface area contributed by atoms with Crippen molar-refractivity contribution in [2.75, 3.05) is 19.0 Å². The van der Waals surface area contributed by atoms with Crippen LogP contribution in [0.15, 0.2) is 18.5 Å². The lowest BCUT2D eigenvalue weighted by atomic mass is 9.92. The van der Waals surface area contributed by atoms with Crippen LogP contribution in [-0.2, 0) is 28.3 Å². The van der Waals surface area contributed by atoms with Crippen LogP contribution in [0.3, 0.4) is 0 Å². The molecule has 7 nitrogen and oxygen atoms in total. The van der Waals surface area contributed by atoms with E-state index >= 15 is 0 Å². The fourth-order valence-corrected chi connectivity index (χ4v) is 4.75. The van der Waals surface area contributed by atoms with Crippen molar-refractivity contribution in [3.63, 3.8) is 0 Å². The summed E-state index contributed by atoms with van der Waals surface area (Å²) in [5.74, 6) is 0.528. The van der Waals surface area contributed by atoms with Gasteiger partial charge in [0.05, 0.1) is 13.7 Å². The Morgan fingerprint density at radius 1 is 1.50 bits per heavy atom. The molecule has 138 valence electrons. The van der Waals surface area contributed by atoms with E-state index < -0.39 is 0 Å². The number of pyridine rings is 1. The van der Waals surface area contributed by atoms with Gasteiger partial charge in [0.15, 0.2) is 5.13 Å². The molecular weight excluding hydrogens is 352 g/mol. The molecule has 0 aromatic carbocycles. The molecule has 1 saturated heterocycles. The Hall–Kier alpha value is -2.03. The molecule has 1 N–H and O–H groups in total. The van der Waals surface area contributed by atoms with Gasteiger partial charge in [-0.25, -0.2) is 9.97 Å². The smallest absolute Gasteiger partial charge is 0.223 e. The quantitative estimate of drug-likeness (QED) is 0.886. The molecule has 1 spiro atoms. The number of carbonyl (C=O) groups is 1. The van der Waals surface area contributed by atoms with Crippen molar-refractivity contribution in [3.05, 3.63) is 34.5 Å². The van der Waals surface area contributed by atoms with Gasteiger partial charge >= 0.3 is 0 Å². The summed E-state index contributed by atoms with van der Waals surface area (Å²) in [5, 5.41) is 3.38. The summed E-state index contributed by atoms with van der Waals surface area (Å²) in [6.07, 6.45) is 4.67. The van der Waals surface area contributed by atoms with E-state index in [4.69, 9.17) is 9.47 Å². The van der Waals surface area contributed by atoms with E-state index in [1.807, 2.05) is 18.5 Å². The normalized spacial score (nSPS) is 24.8. The minimum absolute atomic E-state index is 0.0988. The molecule has 0 radical (unpaired) electrons. The number of anilines is 1. The number of ether oxygens (including phenoxy) is 2. The molecule has 26 heavy (non-hydrogen) atoms. The molecule has 2 aromatic rings. The van der Waals surface area contributed by atoms with Gasteiger partial charge in [-0.15, -0.1) is 11.3 Å². The molecule has 2 aliphatic rings. The van der Waals surface area contributed by atoms with Crippen molar-refractivity contribution >= 4 is 22.4 Å². The summed E-state index contributed by atoms with van der Waals surface area (Å²) >= 11 is 1.52. The van der Waals surface area contributed by atoms with Gasteiger partial charge < -0.3 is 14.8 Å². The van der Waals surface area contributed by atoms with E-state index in [0.29, 0.717) is 23.7 Å². The number of aromatic nitrogens is 2. The zero-order valence-corrected chi connectivity index (χ0v) is 15.9. The van der Waals surface area contributed by atoms with Crippen molar-refractivity contribution in [2.45, 2.75) is 45.1 Å². The minimum Gasteiger partial charge on any atom is -0.481 e. The summed E-state index contributed by atoms with van der Waals surface area (Å²) in [6.45, 7) is 5.93. The fourth-order valence-electron chi connectivity index (χ4n) is 3.87. The van der Waals surface area contributed by atoms with Gasteiger partial charge in [0, 0.05) is 55.0 Å². The maximum atomic E-state index is 11.2. The molecule has 2 atom stereocenters. The summed E-state index contributed by atoms with van der Waals surface area (Å²) in [5.41, 5.74) is 2.05. The molecule has 0 unspecified atom stereocenters. The Kier molecular flexibility index (Phi) is 4.42. The number of hydrogen-bond acceptors (Lipinski definition) is 7. The van der Waals surface area contributed by atoms with Gasteiger partial charge in [-0.1, -0.05) is 0 Å². The Morgan fingerprint density at radius 3 is 3.12 bits per heavy atom. The summed E-state index contributed by atoms with van der Waals surface area (Å²) in [6, 6.07) is 2.36. The van der Waals surface area contributed by atoms with Crippen LogP contribution in [0, 0.1) is 0 Å². The molecule has 0 saturated carbocycles. The van der Waals surface area contributed by atoms with Crippen LogP contribution >= 0.6 is 11.3 Å². The average Bonchev–Trinajstić information content (AvgIpc) is 3.27. The predicted octanol–water partition coefficient (Wildman–Crippen LogP) is 2.53. The molecule has 0 aliphatic carbocycles. The van der Waals surface area contributed by atoms with E-state index in [1.54, 1.807) is 7.11 Å². The first-order valence-electron chi connectivity index (χ1n) is 8.63. The van der Waals surface area contributed by atoms with E-state index in [0.717, 1.165) is 30.0 Å². The van der Waals surface area contributed by atoms with Crippen molar-refractivity contribution in [1.82, 2.24) is 14.9 Å². The van der Waals surface area contributed by atoms with Crippen molar-refractivity contribution in [3.8, 4) is 5.88 Å². The summed E-state index contributed by atoms with van der Waals surface area (Å²) < 4.78 is 11.5. The number of likely N-dealkylation sites (tertiary alicyclic amines) is 1. The topological polar surface area (TPSA) is 76.6 Å². The highest BCUT2D eigenvalue weighted by Crippen LogP contribution is 2.46. The largest absolute Gasteiger partial charge is 0.481 e. The average molecular weight is 374 g/mol. The number of rotatable bonds is 4. The summed E-state index contributed by atoms with van der Waals surface area (Å²) in [7, 11) is 1.63. The molecule has 2 aliphatic heterocycles. The number of amides is 1. The third-order valence-electron chi connectivity index (χ3n) is 5.07. The van der Waals surface area contributed by atoms with Gasteiger partial charge in [0.2, 0.25) is 11.8 Å². The van der Waals surface area contributed by atoms with Crippen LogP contribution in [0.1, 0.15) is 36.3 Å². The molecule has 0 bridgehead atoms. The van der Waals surface area contributed by atoms with Crippen LogP contribution in [-0.4, -0.2) is 40.5 Å². The maximum absolute atomic E-state index is 11.2. The van der Waals surface area contributed by atoms with Crippen LogP contribution in [0.25, 0.3) is 0 Å². The number of thiazole rings is 1. The first-order chi connectivity index (χ1) is 12.5. The van der Waals surface area contributed by atoms with Gasteiger partial charge in [-0.2, -0.15) is 0 Å². The fraction of sp³-hybridized carbons (Fsp3) is 0.500. The lowest BCUT2D eigenvalue weighted by Gasteiger charge is -2.24. The molecule has 1 fully saturated rings. The van der Waals surface area contributed by atoms with E-state index in [-0.39, 0.29) is 11.5 Å². The highest BCUT2D eigenvalue weighted by molar-refractivity contribution is 7.15.